The topological polar surface area (TPSA) is 34.4 Å². The number of benzene rings is 1. The molecular weight excluding hydrogens is 236 g/mol. The van der Waals surface area contributed by atoms with E-state index in [1.165, 1.54) is 0 Å². The number of ether oxygens (including phenoxy) is 2. The van der Waals surface area contributed by atoms with Crippen LogP contribution in [0.3, 0.4) is 0 Å². The largest absolute Gasteiger partial charge is 0.493 e. The van der Waals surface area contributed by atoms with Crippen molar-refractivity contribution < 1.29 is 13.4 Å². The summed E-state index contributed by atoms with van der Waals surface area (Å²) in [5.74, 6) is 1.52. The van der Waals surface area contributed by atoms with Crippen molar-refractivity contribution in [1.29, 1.82) is 0 Å². The average Bonchev–Trinajstić information content (AvgIpc) is 2.65. The number of hydrogen-bond donors (Lipinski definition) is 1. The molecule has 0 unspecified atom stereocenters. The van der Waals surface area contributed by atoms with Gasteiger partial charge in [-0.05, 0) is 6.92 Å². The van der Waals surface area contributed by atoms with Crippen molar-refractivity contribution in [2.75, 3.05) is 26.1 Å². The van der Waals surface area contributed by atoms with Crippen LogP contribution in [-0.4, -0.2) is 20.8 Å². The molecule has 92 valence electrons. The van der Waals surface area contributed by atoms with Crippen molar-refractivity contribution in [1.82, 2.24) is 0 Å². The Morgan fingerprint density at radius 1 is 1.24 bits per heavy atom. The molecule has 0 spiro atoms. The monoisotopic (exact) mass is 253 g/mol. The average molecular weight is 253 g/mol. The van der Waals surface area contributed by atoms with Gasteiger partial charge in [0.05, 0.1) is 25.7 Å². The first-order chi connectivity index (χ1) is 8.21. The summed E-state index contributed by atoms with van der Waals surface area (Å²) in [5.41, 5.74) is 1.14. The van der Waals surface area contributed by atoms with Gasteiger partial charge in [-0.15, -0.1) is 3.96 Å². The third kappa shape index (κ3) is 2.02. The van der Waals surface area contributed by atoms with Crippen LogP contribution >= 0.6 is 11.5 Å². The van der Waals surface area contributed by atoms with Gasteiger partial charge in [-0.2, -0.15) is 0 Å². The van der Waals surface area contributed by atoms with E-state index < -0.39 is 0 Å². The first-order valence-corrected chi connectivity index (χ1v) is 6.27. The summed E-state index contributed by atoms with van der Waals surface area (Å²) in [6.45, 7) is 3.00. The molecule has 17 heavy (non-hydrogen) atoms. The van der Waals surface area contributed by atoms with Gasteiger partial charge in [0.15, 0.2) is 35.1 Å². The van der Waals surface area contributed by atoms with Gasteiger partial charge < -0.3 is 14.8 Å². The summed E-state index contributed by atoms with van der Waals surface area (Å²) < 4.78 is 12.8. The fraction of sp³-hybridized carbons (Fsp3) is 0.417. The van der Waals surface area contributed by atoms with E-state index in [9.17, 15) is 0 Å². The van der Waals surface area contributed by atoms with Gasteiger partial charge in [0.2, 0.25) is 5.52 Å². The molecular formula is C12H17N2O2S+. The maximum Gasteiger partial charge on any atom is 0.233 e. The standard InChI is InChI=1S/C12H16N2O2S/c1-5-13-12-8-6-10(15-3)11(16-4)7-9(8)14(2)17-12/h6-7H,5H2,1-4H3/p+1. The molecule has 0 aliphatic rings. The number of aromatic nitrogens is 1. The highest BCUT2D eigenvalue weighted by Gasteiger charge is 2.19. The lowest BCUT2D eigenvalue weighted by Gasteiger charge is -2.06. The molecule has 0 aliphatic carbocycles. The minimum Gasteiger partial charge on any atom is -0.493 e. The van der Waals surface area contributed by atoms with Crippen LogP contribution in [0.25, 0.3) is 10.9 Å². The zero-order valence-corrected chi connectivity index (χ0v) is 11.4. The Kier molecular flexibility index (Phi) is 3.38. The van der Waals surface area contributed by atoms with Crippen molar-refractivity contribution in [3.05, 3.63) is 12.1 Å². The Hall–Kier alpha value is -1.49. The van der Waals surface area contributed by atoms with Crippen LogP contribution in [0.1, 0.15) is 6.92 Å². The summed E-state index contributed by atoms with van der Waals surface area (Å²) in [5, 5.41) is 5.68. The van der Waals surface area contributed by atoms with Gasteiger partial charge in [-0.25, -0.2) is 0 Å². The molecule has 1 heterocycles. The quantitative estimate of drug-likeness (QED) is 0.848. The van der Waals surface area contributed by atoms with E-state index in [0.29, 0.717) is 0 Å². The Morgan fingerprint density at radius 3 is 2.47 bits per heavy atom. The number of nitrogens with one attached hydrogen (secondary N) is 1. The summed E-state index contributed by atoms with van der Waals surface area (Å²) in [7, 11) is 5.35. The third-order valence-corrected chi connectivity index (χ3v) is 3.67. The van der Waals surface area contributed by atoms with Crippen LogP contribution in [0.5, 0.6) is 11.5 Å². The van der Waals surface area contributed by atoms with Gasteiger partial charge in [0.1, 0.15) is 0 Å². The Morgan fingerprint density at radius 2 is 1.88 bits per heavy atom. The van der Waals surface area contributed by atoms with Crippen LogP contribution in [0.15, 0.2) is 12.1 Å². The van der Waals surface area contributed by atoms with Gasteiger partial charge in [0, 0.05) is 12.6 Å². The van der Waals surface area contributed by atoms with Crippen molar-refractivity contribution >= 4 is 27.4 Å². The highest BCUT2D eigenvalue weighted by molar-refractivity contribution is 7.07. The summed E-state index contributed by atoms with van der Waals surface area (Å²) in [6, 6.07) is 4.02. The zero-order chi connectivity index (χ0) is 12.4. The van der Waals surface area contributed by atoms with Crippen LogP contribution in [0.4, 0.5) is 5.00 Å². The van der Waals surface area contributed by atoms with Crippen molar-refractivity contribution in [3.8, 4) is 11.5 Å². The Labute approximate surface area is 105 Å². The predicted octanol–water partition coefficient (Wildman–Crippen LogP) is 2.17. The third-order valence-electron chi connectivity index (χ3n) is 2.65. The molecule has 0 fully saturated rings. The Balaban J connectivity index is 2.66. The number of aryl methyl sites for hydroxylation is 1. The highest BCUT2D eigenvalue weighted by atomic mass is 32.1. The van der Waals surface area contributed by atoms with Gasteiger partial charge in [-0.1, -0.05) is 0 Å². The van der Waals surface area contributed by atoms with E-state index in [-0.39, 0.29) is 0 Å². The van der Waals surface area contributed by atoms with E-state index >= 15 is 0 Å². The molecule has 1 N–H and O–H groups in total. The fourth-order valence-corrected chi connectivity index (χ4v) is 2.83. The lowest BCUT2D eigenvalue weighted by Crippen LogP contribution is -2.21. The molecule has 0 amide bonds. The van der Waals surface area contributed by atoms with E-state index in [1.54, 1.807) is 25.8 Å². The molecule has 2 rings (SSSR count). The van der Waals surface area contributed by atoms with Crippen molar-refractivity contribution in [2.24, 2.45) is 7.05 Å². The van der Waals surface area contributed by atoms with Crippen molar-refractivity contribution in [2.45, 2.75) is 6.92 Å². The molecule has 1 aromatic heterocycles. The maximum atomic E-state index is 5.33. The van der Waals surface area contributed by atoms with E-state index in [4.69, 9.17) is 9.47 Å². The lowest BCUT2D eigenvalue weighted by molar-refractivity contribution is -0.573. The van der Waals surface area contributed by atoms with Crippen LogP contribution in [0.2, 0.25) is 0 Å². The SMILES string of the molecule is CCNc1s[n+](C)c2cc(OC)c(OC)cc12. The second kappa shape index (κ2) is 4.79. The molecule has 4 nitrogen and oxygen atoms in total. The second-order valence-electron chi connectivity index (χ2n) is 3.67. The zero-order valence-electron chi connectivity index (χ0n) is 10.5. The first kappa shape index (κ1) is 12.0. The number of hydrogen-bond acceptors (Lipinski definition) is 4. The fourth-order valence-electron chi connectivity index (χ4n) is 1.83. The van der Waals surface area contributed by atoms with Crippen LogP contribution in [0, 0.1) is 0 Å². The smallest absolute Gasteiger partial charge is 0.233 e. The molecule has 0 bridgehead atoms. The van der Waals surface area contributed by atoms with Gasteiger partial charge in [-0.3, -0.25) is 0 Å². The normalized spacial score (nSPS) is 10.6. The molecule has 0 saturated carbocycles. The molecule has 5 heteroatoms. The summed E-state index contributed by atoms with van der Waals surface area (Å²) >= 11 is 1.69. The minimum atomic E-state index is 0.761. The molecule has 0 saturated heterocycles. The maximum absolute atomic E-state index is 5.33. The van der Waals surface area contributed by atoms with Gasteiger partial charge in [0.25, 0.3) is 0 Å². The molecule has 1 aromatic carbocycles. The molecule has 0 radical (unpaired) electrons. The number of rotatable bonds is 4. The van der Waals surface area contributed by atoms with Crippen LogP contribution in [-0.2, 0) is 7.05 Å². The number of fused-ring (bicyclic) bond motifs is 1. The minimum absolute atomic E-state index is 0.761. The van der Waals surface area contributed by atoms with E-state index in [1.807, 2.05) is 19.2 Å². The number of methoxy groups -OCH3 is 2. The summed E-state index contributed by atoms with van der Waals surface area (Å²) in [4.78, 5) is 0. The predicted molar refractivity (Wildman–Crippen MR) is 70.3 cm³/mol. The summed E-state index contributed by atoms with van der Waals surface area (Å²) in [6.07, 6.45) is 0. The van der Waals surface area contributed by atoms with E-state index in [0.717, 1.165) is 33.9 Å². The van der Waals surface area contributed by atoms with E-state index in [2.05, 4.69) is 16.2 Å². The highest BCUT2D eigenvalue weighted by Crippen LogP contribution is 2.35. The second-order valence-corrected chi connectivity index (χ2v) is 4.81. The molecule has 2 aromatic rings. The molecule has 0 aliphatic heterocycles. The van der Waals surface area contributed by atoms with Gasteiger partial charge >= 0.3 is 0 Å². The Bertz CT molecular complexity index is 537. The van der Waals surface area contributed by atoms with Crippen molar-refractivity contribution in [3.63, 3.8) is 0 Å². The van der Waals surface area contributed by atoms with Crippen LogP contribution < -0.4 is 18.7 Å². The number of anilines is 1. The molecule has 0 atom stereocenters. The number of nitrogens with zero attached hydrogens (tertiary/aromatic N) is 1. The first-order valence-electron chi connectivity index (χ1n) is 5.50. The lowest BCUT2D eigenvalue weighted by atomic mass is 10.2.